The van der Waals surface area contributed by atoms with Gasteiger partial charge in [0, 0.05) is 43.8 Å². The summed E-state index contributed by atoms with van der Waals surface area (Å²) in [5.74, 6) is 0. The predicted molar refractivity (Wildman–Crippen MR) is 79.2 cm³/mol. The van der Waals surface area contributed by atoms with Gasteiger partial charge in [-0.2, -0.15) is 17.5 Å². The van der Waals surface area contributed by atoms with Crippen molar-refractivity contribution in [3.05, 3.63) is 23.5 Å². The Balaban J connectivity index is 1.63. The average molecular weight is 366 g/mol. The van der Waals surface area contributed by atoms with Crippen molar-refractivity contribution in [3.8, 4) is 0 Å². The molecule has 1 aliphatic rings. The lowest BCUT2D eigenvalue weighted by atomic mass is 10.3. The first kappa shape index (κ1) is 16.6. The van der Waals surface area contributed by atoms with Crippen LogP contribution in [0.25, 0.3) is 10.2 Å². The molecule has 0 bridgehead atoms. The van der Waals surface area contributed by atoms with E-state index >= 15 is 0 Å². The van der Waals surface area contributed by atoms with E-state index in [2.05, 4.69) is 9.97 Å². The second-order valence-electron chi connectivity index (χ2n) is 5.11. The first-order valence-corrected chi connectivity index (χ1v) is 9.00. The lowest BCUT2D eigenvalue weighted by Crippen LogP contribution is -2.51. The van der Waals surface area contributed by atoms with Crippen LogP contribution in [0.4, 0.5) is 13.2 Å². The molecule has 0 unspecified atom stereocenters. The molecule has 0 atom stereocenters. The van der Waals surface area contributed by atoms with Crippen LogP contribution in [0.15, 0.2) is 18.6 Å². The van der Waals surface area contributed by atoms with E-state index in [9.17, 15) is 21.6 Å². The molecule has 0 aliphatic carbocycles. The lowest BCUT2D eigenvalue weighted by Gasteiger charge is -2.33. The molecule has 0 radical (unpaired) electrons. The van der Waals surface area contributed by atoms with Crippen LogP contribution in [0.3, 0.4) is 0 Å². The molecule has 0 aromatic carbocycles. The number of hydrogen-bond donors (Lipinski definition) is 0. The van der Waals surface area contributed by atoms with Crippen molar-refractivity contribution in [1.82, 2.24) is 19.2 Å². The highest BCUT2D eigenvalue weighted by Crippen LogP contribution is 2.28. The highest BCUT2D eigenvalue weighted by atomic mass is 32.2. The highest BCUT2D eigenvalue weighted by Gasteiger charge is 2.50. The van der Waals surface area contributed by atoms with E-state index in [1.807, 2.05) is 11.0 Å². The Morgan fingerprint density at radius 1 is 1.22 bits per heavy atom. The molecule has 126 valence electrons. The number of alkyl halides is 3. The fourth-order valence-corrected chi connectivity index (χ4v) is 4.38. The van der Waals surface area contributed by atoms with E-state index in [4.69, 9.17) is 0 Å². The van der Waals surface area contributed by atoms with Crippen molar-refractivity contribution in [1.29, 1.82) is 0 Å². The molecule has 2 aromatic heterocycles. The second-order valence-corrected chi connectivity index (χ2v) is 8.21. The number of aromatic nitrogens is 2. The Bertz CT molecular complexity index is 765. The average Bonchev–Trinajstić information content (AvgIpc) is 2.88. The zero-order valence-electron chi connectivity index (χ0n) is 11.8. The van der Waals surface area contributed by atoms with Crippen LogP contribution in [-0.2, 0) is 16.6 Å². The van der Waals surface area contributed by atoms with Gasteiger partial charge in [-0.3, -0.25) is 4.90 Å². The van der Waals surface area contributed by atoms with Gasteiger partial charge in [0.2, 0.25) is 0 Å². The zero-order valence-corrected chi connectivity index (χ0v) is 13.5. The first-order chi connectivity index (χ1) is 10.8. The van der Waals surface area contributed by atoms with E-state index < -0.39 is 15.5 Å². The van der Waals surface area contributed by atoms with E-state index in [0.717, 1.165) is 15.1 Å². The van der Waals surface area contributed by atoms with Crippen molar-refractivity contribution >= 4 is 31.6 Å². The van der Waals surface area contributed by atoms with Gasteiger partial charge in [-0.25, -0.2) is 18.4 Å². The molecule has 1 aliphatic heterocycles. The maximum Gasteiger partial charge on any atom is 0.511 e. The number of fused-ring (bicyclic) bond motifs is 1. The third kappa shape index (κ3) is 3.32. The molecular weight excluding hydrogens is 353 g/mol. The third-order valence-corrected chi connectivity index (χ3v) is 6.26. The summed E-state index contributed by atoms with van der Waals surface area (Å²) in [6.07, 6.45) is 3.17. The van der Waals surface area contributed by atoms with Crippen molar-refractivity contribution < 1.29 is 21.6 Å². The summed E-state index contributed by atoms with van der Waals surface area (Å²) in [6, 6.07) is 1.92. The van der Waals surface area contributed by atoms with Gasteiger partial charge in [0.05, 0.1) is 10.2 Å². The molecule has 23 heavy (non-hydrogen) atoms. The van der Waals surface area contributed by atoms with Crippen molar-refractivity contribution in [2.75, 3.05) is 26.2 Å². The first-order valence-electron chi connectivity index (χ1n) is 6.74. The van der Waals surface area contributed by atoms with Gasteiger partial charge in [0.15, 0.2) is 0 Å². The van der Waals surface area contributed by atoms with Gasteiger partial charge >= 0.3 is 15.5 Å². The molecule has 0 amide bonds. The van der Waals surface area contributed by atoms with E-state index in [1.54, 1.807) is 6.20 Å². The van der Waals surface area contributed by atoms with Gasteiger partial charge in [0.1, 0.15) is 6.33 Å². The van der Waals surface area contributed by atoms with E-state index in [0.29, 0.717) is 10.8 Å². The maximum absolute atomic E-state index is 12.5. The van der Waals surface area contributed by atoms with Crippen LogP contribution >= 0.6 is 11.3 Å². The van der Waals surface area contributed by atoms with Crippen LogP contribution in [-0.4, -0.2) is 59.3 Å². The van der Waals surface area contributed by atoms with Crippen LogP contribution in [0, 0.1) is 0 Å². The molecule has 0 N–H and O–H groups in total. The lowest BCUT2D eigenvalue weighted by molar-refractivity contribution is -0.0500. The number of piperazine rings is 1. The Kier molecular flexibility index (Phi) is 4.29. The smallest absolute Gasteiger partial charge is 0.296 e. The SMILES string of the molecule is O=S(=O)(N1CCN(Cc2cc3ncncc3s2)CC1)C(F)(F)F. The Morgan fingerprint density at radius 3 is 2.52 bits per heavy atom. The van der Waals surface area contributed by atoms with Gasteiger partial charge in [-0.1, -0.05) is 0 Å². The molecule has 0 spiro atoms. The fourth-order valence-electron chi connectivity index (χ4n) is 2.41. The van der Waals surface area contributed by atoms with E-state index in [-0.39, 0.29) is 26.2 Å². The number of sulfonamides is 1. The molecule has 2 aromatic rings. The zero-order chi connectivity index (χ0) is 16.7. The Hall–Kier alpha value is -1.30. The van der Waals surface area contributed by atoms with Crippen LogP contribution in [0.1, 0.15) is 4.88 Å². The van der Waals surface area contributed by atoms with Gasteiger partial charge in [0.25, 0.3) is 0 Å². The van der Waals surface area contributed by atoms with Crippen LogP contribution < -0.4 is 0 Å². The van der Waals surface area contributed by atoms with Gasteiger partial charge in [-0.05, 0) is 6.07 Å². The second kappa shape index (κ2) is 5.96. The summed E-state index contributed by atoms with van der Waals surface area (Å²) in [5.41, 5.74) is -4.41. The quantitative estimate of drug-likeness (QED) is 0.827. The number of nitrogens with zero attached hydrogens (tertiary/aromatic N) is 4. The summed E-state index contributed by atoms with van der Waals surface area (Å²) < 4.78 is 61.7. The van der Waals surface area contributed by atoms with Crippen molar-refractivity contribution in [2.45, 2.75) is 12.1 Å². The molecule has 1 saturated heterocycles. The van der Waals surface area contributed by atoms with E-state index in [1.165, 1.54) is 17.7 Å². The summed E-state index contributed by atoms with van der Waals surface area (Å²) in [4.78, 5) is 11.0. The molecule has 3 heterocycles. The summed E-state index contributed by atoms with van der Waals surface area (Å²) in [5, 5.41) is 0. The topological polar surface area (TPSA) is 66.4 Å². The van der Waals surface area contributed by atoms with Gasteiger partial charge in [-0.15, -0.1) is 11.3 Å². The number of thiophene rings is 1. The summed E-state index contributed by atoms with van der Waals surface area (Å²) in [6.45, 7) is 0.754. The molecule has 3 rings (SSSR count). The minimum Gasteiger partial charge on any atom is -0.296 e. The van der Waals surface area contributed by atoms with Gasteiger partial charge < -0.3 is 0 Å². The summed E-state index contributed by atoms with van der Waals surface area (Å²) >= 11 is 1.52. The molecular formula is C12H13F3N4O2S2. The van der Waals surface area contributed by atoms with Crippen LogP contribution in [0.2, 0.25) is 0 Å². The minimum atomic E-state index is -5.24. The number of hydrogen-bond acceptors (Lipinski definition) is 6. The predicted octanol–water partition coefficient (Wildman–Crippen LogP) is 1.66. The summed E-state index contributed by atoms with van der Waals surface area (Å²) in [7, 11) is -5.23. The molecule has 6 nitrogen and oxygen atoms in total. The Labute approximate surface area is 134 Å². The molecule has 0 saturated carbocycles. The molecule has 1 fully saturated rings. The maximum atomic E-state index is 12.5. The highest BCUT2D eigenvalue weighted by molar-refractivity contribution is 7.90. The third-order valence-electron chi connectivity index (χ3n) is 3.59. The van der Waals surface area contributed by atoms with Crippen molar-refractivity contribution in [2.24, 2.45) is 0 Å². The van der Waals surface area contributed by atoms with Crippen molar-refractivity contribution in [3.63, 3.8) is 0 Å². The largest absolute Gasteiger partial charge is 0.511 e. The minimum absolute atomic E-state index is 0.160. The molecule has 11 heteroatoms. The van der Waals surface area contributed by atoms with Crippen LogP contribution in [0.5, 0.6) is 0 Å². The fraction of sp³-hybridized carbons (Fsp3) is 0.500. The number of halogens is 3. The number of rotatable bonds is 3. The monoisotopic (exact) mass is 366 g/mol. The standard InChI is InChI=1S/C12H13F3N4O2S2/c13-12(14,15)23(20,21)19-3-1-18(2-4-19)7-9-5-10-11(22-9)6-16-8-17-10/h5-6,8H,1-4,7H2. The normalized spacial score (nSPS) is 18.6. The Morgan fingerprint density at radius 2 is 1.91 bits per heavy atom.